The van der Waals surface area contributed by atoms with Crippen LogP contribution in [-0.2, 0) is 0 Å². The van der Waals surface area contributed by atoms with Crippen molar-refractivity contribution in [3.63, 3.8) is 0 Å². The second kappa shape index (κ2) is 4.51. The molecule has 2 rings (SSSR count). The monoisotopic (exact) mass is 225 g/mol. The second-order valence-corrected chi connectivity index (χ2v) is 3.70. The van der Waals surface area contributed by atoms with Crippen LogP contribution in [0.3, 0.4) is 0 Å². The van der Waals surface area contributed by atoms with E-state index >= 15 is 0 Å². The summed E-state index contributed by atoms with van der Waals surface area (Å²) in [6.07, 6.45) is 2.44. The molecule has 0 saturated heterocycles. The molecule has 2 aromatic rings. The quantitative estimate of drug-likeness (QED) is 0.698. The molecule has 4 nitrogen and oxygen atoms in total. The Bertz CT molecular complexity index is 455. The van der Waals surface area contributed by atoms with Crippen molar-refractivity contribution >= 4 is 28.2 Å². The van der Waals surface area contributed by atoms with Crippen LogP contribution in [0.1, 0.15) is 6.42 Å². The summed E-state index contributed by atoms with van der Waals surface area (Å²) in [5.41, 5.74) is 1.81. The first kappa shape index (κ1) is 10.3. The maximum absolute atomic E-state index is 8.66. The Labute approximate surface area is 92.3 Å². The summed E-state index contributed by atoms with van der Waals surface area (Å²) < 4.78 is 0. The number of hydrogen-bond acceptors (Lipinski definition) is 3. The molecular formula is C10H12ClN3O. The molecule has 3 N–H and O–H groups in total. The van der Waals surface area contributed by atoms with Gasteiger partial charge in [0.15, 0.2) is 0 Å². The lowest BCUT2D eigenvalue weighted by Crippen LogP contribution is -2.03. The van der Waals surface area contributed by atoms with Gasteiger partial charge in [-0.25, -0.2) is 0 Å². The van der Waals surface area contributed by atoms with Crippen molar-refractivity contribution in [2.24, 2.45) is 0 Å². The molecule has 1 aromatic heterocycles. The molecule has 0 amide bonds. The van der Waals surface area contributed by atoms with Crippen LogP contribution in [0.25, 0.3) is 10.9 Å². The minimum Gasteiger partial charge on any atom is -0.396 e. The van der Waals surface area contributed by atoms with Crippen molar-refractivity contribution in [2.75, 3.05) is 18.5 Å². The van der Waals surface area contributed by atoms with E-state index in [-0.39, 0.29) is 6.61 Å². The molecule has 0 atom stereocenters. The zero-order valence-electron chi connectivity index (χ0n) is 8.13. The number of aromatic amines is 1. The van der Waals surface area contributed by atoms with Crippen LogP contribution >= 0.6 is 11.6 Å². The van der Waals surface area contributed by atoms with Gasteiger partial charge in [0.05, 0.1) is 22.4 Å². The zero-order valence-corrected chi connectivity index (χ0v) is 8.88. The summed E-state index contributed by atoms with van der Waals surface area (Å²) in [5.74, 6) is 0. The highest BCUT2D eigenvalue weighted by Crippen LogP contribution is 2.26. The molecule has 0 aliphatic rings. The van der Waals surface area contributed by atoms with Crippen molar-refractivity contribution in [1.82, 2.24) is 10.2 Å². The fourth-order valence-corrected chi connectivity index (χ4v) is 1.64. The molecule has 0 unspecified atom stereocenters. The van der Waals surface area contributed by atoms with E-state index in [1.54, 1.807) is 6.20 Å². The van der Waals surface area contributed by atoms with E-state index in [0.29, 0.717) is 18.0 Å². The van der Waals surface area contributed by atoms with Gasteiger partial charge in [0, 0.05) is 18.5 Å². The van der Waals surface area contributed by atoms with E-state index in [4.69, 9.17) is 16.7 Å². The van der Waals surface area contributed by atoms with E-state index in [0.717, 1.165) is 16.6 Å². The largest absolute Gasteiger partial charge is 0.396 e. The van der Waals surface area contributed by atoms with Crippen LogP contribution in [-0.4, -0.2) is 28.5 Å². The van der Waals surface area contributed by atoms with E-state index in [2.05, 4.69) is 15.5 Å². The van der Waals surface area contributed by atoms with Gasteiger partial charge in [-0.05, 0) is 18.6 Å². The van der Waals surface area contributed by atoms with Gasteiger partial charge in [0.25, 0.3) is 0 Å². The van der Waals surface area contributed by atoms with Crippen molar-refractivity contribution in [3.8, 4) is 0 Å². The second-order valence-electron chi connectivity index (χ2n) is 3.29. The fourth-order valence-electron chi connectivity index (χ4n) is 1.40. The van der Waals surface area contributed by atoms with Crippen LogP contribution in [0.4, 0.5) is 5.69 Å². The minimum absolute atomic E-state index is 0.178. The number of halogens is 1. The first-order valence-electron chi connectivity index (χ1n) is 4.78. The van der Waals surface area contributed by atoms with Crippen LogP contribution < -0.4 is 5.32 Å². The number of hydrogen-bond donors (Lipinski definition) is 3. The third kappa shape index (κ3) is 2.22. The van der Waals surface area contributed by atoms with Gasteiger partial charge < -0.3 is 10.4 Å². The smallest absolute Gasteiger partial charge is 0.0671 e. The Morgan fingerprint density at radius 1 is 1.47 bits per heavy atom. The first-order chi connectivity index (χ1) is 7.31. The average Bonchev–Trinajstić information content (AvgIpc) is 2.65. The molecule has 1 aromatic carbocycles. The number of nitrogens with zero attached hydrogens (tertiary/aromatic N) is 1. The standard InChI is InChI=1S/C10H12ClN3O/c11-8-4-7-6-13-14-9(7)5-10(8)12-2-1-3-15/h4-6,12,15H,1-3H2,(H,13,14). The van der Waals surface area contributed by atoms with Crippen LogP contribution in [0, 0.1) is 0 Å². The van der Waals surface area contributed by atoms with Gasteiger partial charge in [0.1, 0.15) is 0 Å². The highest BCUT2D eigenvalue weighted by Gasteiger charge is 2.03. The molecule has 0 radical (unpaired) electrons. The molecule has 0 aliphatic heterocycles. The summed E-state index contributed by atoms with van der Waals surface area (Å²) in [4.78, 5) is 0. The predicted molar refractivity (Wildman–Crippen MR) is 61.3 cm³/mol. The molecule has 15 heavy (non-hydrogen) atoms. The number of nitrogens with one attached hydrogen (secondary N) is 2. The molecular weight excluding hydrogens is 214 g/mol. The molecule has 0 fully saturated rings. The third-order valence-corrected chi connectivity index (χ3v) is 2.49. The van der Waals surface area contributed by atoms with Crippen molar-refractivity contribution in [1.29, 1.82) is 0 Å². The van der Waals surface area contributed by atoms with Crippen molar-refractivity contribution in [2.45, 2.75) is 6.42 Å². The molecule has 80 valence electrons. The summed E-state index contributed by atoms with van der Waals surface area (Å²) in [7, 11) is 0. The highest BCUT2D eigenvalue weighted by atomic mass is 35.5. The molecule has 1 heterocycles. The molecule has 5 heteroatoms. The first-order valence-corrected chi connectivity index (χ1v) is 5.16. The summed E-state index contributed by atoms with van der Waals surface area (Å²) in [6.45, 7) is 0.882. The lowest BCUT2D eigenvalue weighted by molar-refractivity contribution is 0.292. The molecule has 0 saturated carbocycles. The number of aliphatic hydroxyl groups is 1. The van der Waals surface area contributed by atoms with Crippen molar-refractivity contribution in [3.05, 3.63) is 23.4 Å². The Balaban J connectivity index is 2.22. The average molecular weight is 226 g/mol. The topological polar surface area (TPSA) is 60.9 Å². The highest BCUT2D eigenvalue weighted by molar-refractivity contribution is 6.34. The Hall–Kier alpha value is -1.26. The van der Waals surface area contributed by atoms with Crippen molar-refractivity contribution < 1.29 is 5.11 Å². The van der Waals surface area contributed by atoms with Gasteiger partial charge >= 0.3 is 0 Å². The van der Waals surface area contributed by atoms with Gasteiger partial charge in [-0.1, -0.05) is 11.6 Å². The van der Waals surface area contributed by atoms with Crippen LogP contribution in [0.15, 0.2) is 18.3 Å². The predicted octanol–water partition coefficient (Wildman–Crippen LogP) is 2.01. The number of aromatic nitrogens is 2. The number of rotatable bonds is 4. The molecule has 0 spiro atoms. The number of anilines is 1. The maximum Gasteiger partial charge on any atom is 0.0671 e. The summed E-state index contributed by atoms with van der Waals surface area (Å²) in [6, 6.07) is 3.78. The van der Waals surface area contributed by atoms with E-state index in [9.17, 15) is 0 Å². The fraction of sp³-hybridized carbons (Fsp3) is 0.300. The Kier molecular flexibility index (Phi) is 3.08. The summed E-state index contributed by atoms with van der Waals surface area (Å²) >= 11 is 6.07. The van der Waals surface area contributed by atoms with Crippen LogP contribution in [0.5, 0.6) is 0 Å². The zero-order chi connectivity index (χ0) is 10.7. The Morgan fingerprint density at radius 2 is 2.33 bits per heavy atom. The van der Waals surface area contributed by atoms with Gasteiger partial charge in [-0.15, -0.1) is 0 Å². The normalized spacial score (nSPS) is 10.8. The lowest BCUT2D eigenvalue weighted by Gasteiger charge is -2.07. The number of fused-ring (bicyclic) bond motifs is 1. The number of aliphatic hydroxyl groups excluding tert-OH is 1. The molecule has 0 aliphatic carbocycles. The van der Waals surface area contributed by atoms with Gasteiger partial charge in [-0.2, -0.15) is 5.10 Å². The van der Waals surface area contributed by atoms with Gasteiger partial charge in [-0.3, -0.25) is 5.10 Å². The van der Waals surface area contributed by atoms with E-state index in [1.165, 1.54) is 0 Å². The molecule has 0 bridgehead atoms. The third-order valence-electron chi connectivity index (χ3n) is 2.18. The maximum atomic E-state index is 8.66. The number of benzene rings is 1. The SMILES string of the molecule is OCCCNc1cc2[nH]ncc2cc1Cl. The van der Waals surface area contributed by atoms with Crippen LogP contribution in [0.2, 0.25) is 5.02 Å². The van der Waals surface area contributed by atoms with Gasteiger partial charge in [0.2, 0.25) is 0 Å². The van der Waals surface area contributed by atoms with E-state index < -0.39 is 0 Å². The summed E-state index contributed by atoms with van der Waals surface area (Å²) in [5, 5.41) is 20.3. The Morgan fingerprint density at radius 3 is 3.13 bits per heavy atom. The lowest BCUT2D eigenvalue weighted by atomic mass is 10.2. The minimum atomic E-state index is 0.178. The number of H-pyrrole nitrogens is 1. The van der Waals surface area contributed by atoms with E-state index in [1.807, 2.05) is 12.1 Å².